The third kappa shape index (κ3) is 1.42. The third-order valence-corrected chi connectivity index (χ3v) is 2.10. The van der Waals surface area contributed by atoms with Crippen LogP contribution >= 0.6 is 12.2 Å². The van der Waals surface area contributed by atoms with Gasteiger partial charge in [-0.2, -0.15) is 5.10 Å². The van der Waals surface area contributed by atoms with Gasteiger partial charge in [-0.05, 0) is 24.4 Å². The molecule has 1 heterocycles. The van der Waals surface area contributed by atoms with Crippen molar-refractivity contribution in [3.8, 4) is 0 Å². The molecule has 0 atom stereocenters. The van der Waals surface area contributed by atoms with Gasteiger partial charge >= 0.3 is 0 Å². The second-order valence-corrected chi connectivity index (χ2v) is 3.42. The number of hydrogen-bond acceptors (Lipinski definition) is 2. The van der Waals surface area contributed by atoms with Gasteiger partial charge < -0.3 is 11.1 Å². The lowest BCUT2D eigenvalue weighted by Gasteiger charge is -1.97. The topological polar surface area (TPSA) is 55.9 Å². The van der Waals surface area contributed by atoms with Crippen LogP contribution in [0.25, 0.3) is 10.9 Å². The Morgan fingerprint density at radius 1 is 1.50 bits per heavy atom. The van der Waals surface area contributed by atoms with E-state index >= 15 is 0 Å². The van der Waals surface area contributed by atoms with E-state index in [0.717, 1.165) is 10.9 Å². The predicted molar refractivity (Wildman–Crippen MR) is 61.1 cm³/mol. The number of benzene rings is 1. The van der Waals surface area contributed by atoms with Gasteiger partial charge in [-0.25, -0.2) is 0 Å². The monoisotopic (exact) mass is 206 g/mol. The first-order valence-corrected chi connectivity index (χ1v) is 4.57. The highest BCUT2D eigenvalue weighted by atomic mass is 32.1. The molecule has 0 bridgehead atoms. The van der Waals surface area contributed by atoms with Crippen LogP contribution in [0.1, 0.15) is 0 Å². The van der Waals surface area contributed by atoms with Crippen LogP contribution in [0.2, 0.25) is 0 Å². The Labute approximate surface area is 86.7 Å². The highest BCUT2D eigenvalue weighted by Crippen LogP contribution is 2.21. The average molecular weight is 206 g/mol. The Balaban J connectivity index is 2.60. The summed E-state index contributed by atoms with van der Waals surface area (Å²) in [6.45, 7) is 0. The van der Waals surface area contributed by atoms with E-state index in [4.69, 9.17) is 18.0 Å². The van der Waals surface area contributed by atoms with Crippen molar-refractivity contribution < 1.29 is 0 Å². The molecule has 0 unspecified atom stereocenters. The van der Waals surface area contributed by atoms with Crippen LogP contribution in [-0.4, -0.2) is 14.9 Å². The first-order chi connectivity index (χ1) is 6.68. The van der Waals surface area contributed by atoms with Crippen molar-refractivity contribution in [1.82, 2.24) is 9.78 Å². The lowest BCUT2D eigenvalue weighted by Crippen LogP contribution is -2.19. The van der Waals surface area contributed by atoms with Crippen molar-refractivity contribution in [2.75, 3.05) is 5.32 Å². The minimum absolute atomic E-state index is 0.230. The number of fused-ring (bicyclic) bond motifs is 1. The normalized spacial score (nSPS) is 10.4. The summed E-state index contributed by atoms with van der Waals surface area (Å²) in [4.78, 5) is 0. The van der Waals surface area contributed by atoms with Crippen LogP contribution in [0, 0.1) is 0 Å². The summed E-state index contributed by atoms with van der Waals surface area (Å²) in [6, 6.07) is 7.89. The van der Waals surface area contributed by atoms with Gasteiger partial charge in [0.15, 0.2) is 10.9 Å². The highest BCUT2D eigenvalue weighted by molar-refractivity contribution is 7.80. The van der Waals surface area contributed by atoms with Gasteiger partial charge in [0.25, 0.3) is 0 Å². The zero-order valence-corrected chi connectivity index (χ0v) is 8.51. The van der Waals surface area contributed by atoms with Crippen molar-refractivity contribution in [1.29, 1.82) is 0 Å². The van der Waals surface area contributed by atoms with E-state index in [2.05, 4.69) is 10.4 Å². The quantitative estimate of drug-likeness (QED) is 0.689. The van der Waals surface area contributed by atoms with Gasteiger partial charge in [0.05, 0.1) is 5.52 Å². The molecule has 2 aromatic rings. The van der Waals surface area contributed by atoms with Crippen molar-refractivity contribution in [3.63, 3.8) is 0 Å². The highest BCUT2D eigenvalue weighted by Gasteiger charge is 2.06. The molecule has 4 nitrogen and oxygen atoms in total. The second-order valence-electron chi connectivity index (χ2n) is 2.98. The summed E-state index contributed by atoms with van der Waals surface area (Å²) in [6.07, 6.45) is 0. The van der Waals surface area contributed by atoms with Crippen LogP contribution in [-0.2, 0) is 7.05 Å². The fraction of sp³-hybridized carbons (Fsp3) is 0.111. The summed E-state index contributed by atoms with van der Waals surface area (Å²) >= 11 is 4.77. The molecule has 3 N–H and O–H groups in total. The second kappa shape index (κ2) is 3.26. The summed E-state index contributed by atoms with van der Waals surface area (Å²) in [7, 11) is 1.88. The molecular formula is C9H10N4S. The fourth-order valence-corrected chi connectivity index (χ4v) is 1.52. The first-order valence-electron chi connectivity index (χ1n) is 4.16. The van der Waals surface area contributed by atoms with E-state index in [1.54, 1.807) is 4.68 Å². The molecule has 0 radical (unpaired) electrons. The summed E-state index contributed by atoms with van der Waals surface area (Å²) in [5.41, 5.74) is 6.44. The Hall–Kier alpha value is -1.62. The molecule has 5 heteroatoms. The Morgan fingerprint density at radius 3 is 2.93 bits per heavy atom. The number of aromatic nitrogens is 2. The van der Waals surface area contributed by atoms with Crippen LogP contribution in [0.15, 0.2) is 24.3 Å². The summed E-state index contributed by atoms with van der Waals surface area (Å²) in [5, 5.41) is 8.36. The van der Waals surface area contributed by atoms with E-state index in [1.165, 1.54) is 0 Å². The number of thiocarbonyl (C=S) groups is 1. The SMILES string of the molecule is Cn1nc(NC(N)=S)c2ccccc21. The lowest BCUT2D eigenvalue weighted by atomic mass is 10.2. The zero-order chi connectivity index (χ0) is 10.1. The van der Waals surface area contributed by atoms with E-state index in [9.17, 15) is 0 Å². The Bertz CT molecular complexity index is 489. The molecule has 72 valence electrons. The number of hydrogen-bond donors (Lipinski definition) is 2. The molecule has 0 aliphatic carbocycles. The maximum atomic E-state index is 5.40. The van der Waals surface area contributed by atoms with Gasteiger partial charge in [-0.3, -0.25) is 4.68 Å². The molecular weight excluding hydrogens is 196 g/mol. The van der Waals surface area contributed by atoms with Crippen molar-refractivity contribution in [2.45, 2.75) is 0 Å². The van der Waals surface area contributed by atoms with Crippen LogP contribution in [0.4, 0.5) is 5.82 Å². The van der Waals surface area contributed by atoms with Crippen molar-refractivity contribution in [3.05, 3.63) is 24.3 Å². The lowest BCUT2D eigenvalue weighted by molar-refractivity contribution is 0.801. The molecule has 0 aliphatic heterocycles. The van der Waals surface area contributed by atoms with Crippen LogP contribution < -0.4 is 11.1 Å². The van der Waals surface area contributed by atoms with Crippen molar-refractivity contribution >= 4 is 34.1 Å². The van der Waals surface area contributed by atoms with E-state index in [-0.39, 0.29) is 5.11 Å². The van der Waals surface area contributed by atoms with Gasteiger partial charge in [-0.15, -0.1) is 0 Å². The minimum Gasteiger partial charge on any atom is -0.376 e. The molecule has 0 amide bonds. The predicted octanol–water partition coefficient (Wildman–Crippen LogP) is 1.23. The van der Waals surface area contributed by atoms with Crippen LogP contribution in [0.5, 0.6) is 0 Å². The first kappa shape index (κ1) is 8.96. The maximum Gasteiger partial charge on any atom is 0.169 e. The van der Waals surface area contributed by atoms with Crippen LogP contribution in [0.3, 0.4) is 0 Å². The number of nitrogens with one attached hydrogen (secondary N) is 1. The molecule has 0 saturated heterocycles. The number of para-hydroxylation sites is 1. The maximum absolute atomic E-state index is 5.40. The fourth-order valence-electron chi connectivity index (χ4n) is 1.42. The number of rotatable bonds is 1. The van der Waals surface area contributed by atoms with Crippen molar-refractivity contribution in [2.24, 2.45) is 12.8 Å². The molecule has 2 rings (SSSR count). The zero-order valence-electron chi connectivity index (χ0n) is 7.69. The number of nitrogens with zero attached hydrogens (tertiary/aromatic N) is 2. The van der Waals surface area contributed by atoms with Gasteiger partial charge in [0, 0.05) is 12.4 Å². The average Bonchev–Trinajstić information content (AvgIpc) is 2.44. The summed E-state index contributed by atoms with van der Waals surface area (Å²) < 4.78 is 1.79. The summed E-state index contributed by atoms with van der Waals surface area (Å²) in [5.74, 6) is 0.704. The number of aryl methyl sites for hydroxylation is 1. The minimum atomic E-state index is 0.230. The Morgan fingerprint density at radius 2 is 2.21 bits per heavy atom. The number of anilines is 1. The third-order valence-electron chi connectivity index (χ3n) is 2.00. The standard InChI is InChI=1S/C9H10N4S/c1-13-7-5-3-2-4-6(7)8(12-13)11-9(10)14/h2-5H,1H3,(H3,10,11,12,14). The van der Waals surface area contributed by atoms with E-state index < -0.39 is 0 Å². The smallest absolute Gasteiger partial charge is 0.169 e. The van der Waals surface area contributed by atoms with Gasteiger partial charge in [-0.1, -0.05) is 12.1 Å². The molecule has 0 fully saturated rings. The van der Waals surface area contributed by atoms with Gasteiger partial charge in [0.1, 0.15) is 0 Å². The van der Waals surface area contributed by atoms with E-state index in [1.807, 2.05) is 31.3 Å². The molecule has 0 saturated carbocycles. The Kier molecular flexibility index (Phi) is 2.09. The molecule has 0 spiro atoms. The number of nitrogens with two attached hydrogens (primary N) is 1. The molecule has 1 aromatic heterocycles. The van der Waals surface area contributed by atoms with Gasteiger partial charge in [0.2, 0.25) is 0 Å². The molecule has 14 heavy (non-hydrogen) atoms. The van der Waals surface area contributed by atoms with E-state index in [0.29, 0.717) is 5.82 Å². The largest absolute Gasteiger partial charge is 0.376 e. The molecule has 1 aromatic carbocycles. The molecule has 0 aliphatic rings.